The Hall–Kier alpha value is -3.60. The molecule has 0 bridgehead atoms. The predicted octanol–water partition coefficient (Wildman–Crippen LogP) is 20.5. The molecule has 0 N–H and O–H groups in total. The van der Waals surface area contributed by atoms with Gasteiger partial charge in [-0.05, 0) is 173 Å². The minimum Gasteiger partial charge on any atom is -0.457 e. The number of unbranched alkanes of at least 4 members (excludes halogenated alkanes) is 22. The van der Waals surface area contributed by atoms with E-state index in [4.69, 9.17) is 24.7 Å². The molecule has 5 heteroatoms. The molecule has 2 heterocycles. The predicted molar refractivity (Wildman–Crippen MR) is 311 cm³/mol. The maximum absolute atomic E-state index is 7.28. The fourth-order valence-corrected chi connectivity index (χ4v) is 12.3. The maximum atomic E-state index is 7.28. The van der Waals surface area contributed by atoms with Crippen molar-refractivity contribution < 1.29 is 4.74 Å². The van der Waals surface area contributed by atoms with E-state index in [1.165, 1.54) is 252 Å². The van der Waals surface area contributed by atoms with Crippen LogP contribution in [0.4, 0.5) is 0 Å². The zero-order chi connectivity index (χ0) is 51.0. The molecule has 0 saturated heterocycles. The third-order valence-electron chi connectivity index (χ3n) is 17.1. The Morgan fingerprint density at radius 3 is 0.973 bits per heavy atom. The van der Waals surface area contributed by atoms with Crippen LogP contribution in [-0.2, 0) is 38.5 Å². The number of hydrogen-bond donors (Lipinski definition) is 0. The first-order valence-electron chi connectivity index (χ1n) is 31.6. The standard InChI is InChI=1S/C68H106N4O/c1-5-9-13-15-17-19-21-23-25-29-31-55-39-45-65(63(47-55)49-57-35-41-61(42-36-57)67-69-51-59(52-70-67)33-27-11-7-3)73-66-46-40-56(32-30-26-24-22-20-18-16-14-10-6-2)48-64(66)50-58-37-43-62(44-38-58)68-71-53-60(54-72-68)34-28-12-8-4/h39-40,45-48,51-54,57-58,61-62H,5-38,41-44,49-50H2,1-4H3. The number of rotatable bonds is 38. The number of aromatic nitrogens is 4. The van der Waals surface area contributed by atoms with Crippen molar-refractivity contribution in [3.8, 4) is 11.5 Å². The van der Waals surface area contributed by atoms with Gasteiger partial charge in [0, 0.05) is 36.6 Å². The average molecular weight is 996 g/mol. The molecule has 2 saturated carbocycles. The van der Waals surface area contributed by atoms with Gasteiger partial charge in [0.05, 0.1) is 0 Å². The molecule has 0 radical (unpaired) electrons. The van der Waals surface area contributed by atoms with Gasteiger partial charge in [-0.3, -0.25) is 0 Å². The van der Waals surface area contributed by atoms with Gasteiger partial charge in [-0.15, -0.1) is 0 Å². The van der Waals surface area contributed by atoms with E-state index in [0.717, 1.165) is 61.7 Å². The van der Waals surface area contributed by atoms with Gasteiger partial charge in [0.1, 0.15) is 23.1 Å². The highest BCUT2D eigenvalue weighted by Gasteiger charge is 2.28. The van der Waals surface area contributed by atoms with Crippen molar-refractivity contribution in [1.82, 2.24) is 19.9 Å². The molecule has 2 aromatic carbocycles. The molecule has 404 valence electrons. The van der Waals surface area contributed by atoms with E-state index in [2.05, 4.69) is 88.9 Å². The summed E-state index contributed by atoms with van der Waals surface area (Å²) in [6.45, 7) is 9.17. The monoisotopic (exact) mass is 995 g/mol. The van der Waals surface area contributed by atoms with Crippen LogP contribution in [-0.4, -0.2) is 19.9 Å². The van der Waals surface area contributed by atoms with E-state index in [1.807, 2.05) is 0 Å². The number of hydrogen-bond acceptors (Lipinski definition) is 5. The summed E-state index contributed by atoms with van der Waals surface area (Å²) >= 11 is 0. The van der Waals surface area contributed by atoms with E-state index < -0.39 is 0 Å². The van der Waals surface area contributed by atoms with Crippen LogP contribution in [0.3, 0.4) is 0 Å². The largest absolute Gasteiger partial charge is 0.457 e. The van der Waals surface area contributed by atoms with Gasteiger partial charge in [-0.1, -0.05) is 193 Å². The SMILES string of the molecule is CCCCCCCCCCCCc1ccc(Oc2ccc(CCCCCCCCCCCC)cc2CC2CCC(c3ncc(CCCCC)cn3)CC2)c(CC2CCC(c3ncc(CCCCC)cn3)CC2)c1. The molecule has 0 atom stereocenters. The molecular weight excluding hydrogens is 889 g/mol. The minimum atomic E-state index is 0.476. The third kappa shape index (κ3) is 22.3. The van der Waals surface area contributed by atoms with Crippen LogP contribution in [0.5, 0.6) is 11.5 Å². The molecular formula is C68H106N4O. The van der Waals surface area contributed by atoms with E-state index in [-0.39, 0.29) is 0 Å². The zero-order valence-electron chi connectivity index (χ0n) is 47.6. The van der Waals surface area contributed by atoms with Crippen molar-refractivity contribution in [1.29, 1.82) is 0 Å². The summed E-state index contributed by atoms with van der Waals surface area (Å²) in [7, 11) is 0. The quantitative estimate of drug-likeness (QED) is 0.0419. The summed E-state index contributed by atoms with van der Waals surface area (Å²) in [4.78, 5) is 19.7. The molecule has 0 amide bonds. The van der Waals surface area contributed by atoms with Gasteiger partial charge in [0.25, 0.3) is 0 Å². The van der Waals surface area contributed by atoms with Gasteiger partial charge in [-0.2, -0.15) is 0 Å². The first kappa shape index (κ1) is 58.7. The highest BCUT2D eigenvalue weighted by Crippen LogP contribution is 2.41. The van der Waals surface area contributed by atoms with Crippen LogP contribution < -0.4 is 4.74 Å². The lowest BCUT2D eigenvalue weighted by molar-refractivity contribution is 0.312. The van der Waals surface area contributed by atoms with E-state index in [1.54, 1.807) is 0 Å². The lowest BCUT2D eigenvalue weighted by Crippen LogP contribution is -2.18. The Bertz CT molecular complexity index is 1870. The molecule has 6 rings (SSSR count). The van der Waals surface area contributed by atoms with E-state index in [9.17, 15) is 0 Å². The second kappa shape index (κ2) is 35.6. The lowest BCUT2D eigenvalue weighted by Gasteiger charge is -2.29. The molecule has 4 aromatic rings. The van der Waals surface area contributed by atoms with Crippen LogP contribution in [0.15, 0.2) is 61.2 Å². The van der Waals surface area contributed by atoms with Crippen LogP contribution >= 0.6 is 0 Å². The fraction of sp³-hybridized carbons (Fsp3) is 0.706. The summed E-state index contributed by atoms with van der Waals surface area (Å²) in [5.41, 5.74) is 8.39. The van der Waals surface area contributed by atoms with Gasteiger partial charge < -0.3 is 4.74 Å². The molecule has 0 spiro atoms. The third-order valence-corrected chi connectivity index (χ3v) is 17.1. The van der Waals surface area contributed by atoms with Crippen molar-refractivity contribution in [2.75, 3.05) is 0 Å². The summed E-state index contributed by atoms with van der Waals surface area (Å²) in [6, 6.07) is 14.6. The van der Waals surface area contributed by atoms with Gasteiger partial charge in [0.15, 0.2) is 0 Å². The summed E-state index contributed by atoms with van der Waals surface area (Å²) in [6.07, 6.45) is 59.8. The molecule has 5 nitrogen and oxygen atoms in total. The van der Waals surface area contributed by atoms with Crippen molar-refractivity contribution in [2.45, 2.75) is 296 Å². The van der Waals surface area contributed by atoms with Crippen molar-refractivity contribution in [2.24, 2.45) is 11.8 Å². The minimum absolute atomic E-state index is 0.476. The molecule has 2 fully saturated rings. The van der Waals surface area contributed by atoms with Crippen molar-refractivity contribution in [3.05, 3.63) is 106 Å². The van der Waals surface area contributed by atoms with E-state index in [0.29, 0.717) is 23.7 Å². The highest BCUT2D eigenvalue weighted by molar-refractivity contribution is 5.45. The van der Waals surface area contributed by atoms with E-state index >= 15 is 0 Å². The molecule has 2 aromatic heterocycles. The Balaban J connectivity index is 1.12. The zero-order valence-corrected chi connectivity index (χ0v) is 47.6. The van der Waals surface area contributed by atoms with Gasteiger partial charge in [0.2, 0.25) is 0 Å². The molecule has 0 unspecified atom stereocenters. The number of benzene rings is 2. The maximum Gasteiger partial charge on any atom is 0.131 e. The van der Waals surface area contributed by atoms with Crippen molar-refractivity contribution >= 4 is 0 Å². The van der Waals surface area contributed by atoms with Crippen molar-refractivity contribution in [3.63, 3.8) is 0 Å². The first-order valence-corrected chi connectivity index (χ1v) is 31.6. The Morgan fingerprint density at radius 1 is 0.342 bits per heavy atom. The summed E-state index contributed by atoms with van der Waals surface area (Å²) < 4.78 is 7.28. The Kier molecular flexibility index (Phi) is 28.6. The molecule has 73 heavy (non-hydrogen) atoms. The smallest absolute Gasteiger partial charge is 0.131 e. The van der Waals surface area contributed by atoms with Gasteiger partial charge in [-0.25, -0.2) is 19.9 Å². The first-order chi connectivity index (χ1) is 36.0. The number of ether oxygens (including phenoxy) is 1. The highest BCUT2D eigenvalue weighted by atomic mass is 16.5. The van der Waals surface area contributed by atoms with Crippen LogP contribution in [0.2, 0.25) is 0 Å². The number of aryl methyl sites for hydroxylation is 4. The molecule has 2 aliphatic carbocycles. The molecule has 0 aliphatic heterocycles. The molecule has 2 aliphatic rings. The average Bonchev–Trinajstić information content (AvgIpc) is 3.42. The lowest BCUT2D eigenvalue weighted by atomic mass is 9.78. The normalized spacial score (nSPS) is 18.1. The van der Waals surface area contributed by atoms with Crippen LogP contribution in [0, 0.1) is 11.8 Å². The van der Waals surface area contributed by atoms with Crippen LogP contribution in [0.25, 0.3) is 0 Å². The topological polar surface area (TPSA) is 60.8 Å². The fourth-order valence-electron chi connectivity index (χ4n) is 12.3. The second-order valence-corrected chi connectivity index (χ2v) is 23.5. The van der Waals surface area contributed by atoms with Crippen LogP contribution in [0.1, 0.15) is 303 Å². The Morgan fingerprint density at radius 2 is 0.630 bits per heavy atom. The summed E-state index contributed by atoms with van der Waals surface area (Å²) in [5.74, 6) is 6.55. The summed E-state index contributed by atoms with van der Waals surface area (Å²) in [5, 5.41) is 0. The second-order valence-electron chi connectivity index (χ2n) is 23.5. The van der Waals surface area contributed by atoms with Gasteiger partial charge >= 0.3 is 0 Å². The number of nitrogens with zero attached hydrogens (tertiary/aromatic N) is 4. The Labute approximate surface area is 448 Å².